The molecule has 0 saturated carbocycles. The summed E-state index contributed by atoms with van der Waals surface area (Å²) in [6.07, 6.45) is 8.82. The molecule has 8 rings (SSSR count). The van der Waals surface area contributed by atoms with Crippen molar-refractivity contribution in [3.05, 3.63) is 65.3 Å². The quantitative estimate of drug-likeness (QED) is 0.145. The van der Waals surface area contributed by atoms with E-state index in [1.165, 1.54) is 12.3 Å². The van der Waals surface area contributed by atoms with Crippen LogP contribution in [0.5, 0.6) is 6.01 Å². The van der Waals surface area contributed by atoms with Gasteiger partial charge in [-0.25, -0.2) is 17.7 Å². The molecule has 1 amide bonds. The van der Waals surface area contributed by atoms with Gasteiger partial charge in [0.2, 0.25) is 5.91 Å². The molecule has 2 unspecified atom stereocenters. The van der Waals surface area contributed by atoms with Crippen LogP contribution in [0.3, 0.4) is 0 Å². The van der Waals surface area contributed by atoms with Gasteiger partial charge in [-0.3, -0.25) is 14.7 Å². The van der Waals surface area contributed by atoms with E-state index < -0.39 is 23.3 Å². The number of amides is 1. The lowest BCUT2D eigenvalue weighted by molar-refractivity contribution is -0.405. The Hall–Kier alpha value is -4.17. The number of benzene rings is 2. The number of hydrogen-bond donors (Lipinski definition) is 1. The van der Waals surface area contributed by atoms with Crippen molar-refractivity contribution >= 4 is 51.2 Å². The number of carbonyl (C=O) groups excluding carboxylic acids is 1. The third-order valence-electron chi connectivity index (χ3n) is 10.8. The molecule has 1 N–H and O–H groups in total. The summed E-state index contributed by atoms with van der Waals surface area (Å²) in [6, 6.07) is 7.98. The molecule has 14 heteroatoms. The maximum absolute atomic E-state index is 16.8. The van der Waals surface area contributed by atoms with Gasteiger partial charge in [-0.05, 0) is 37.3 Å². The Morgan fingerprint density at radius 1 is 1.21 bits per heavy atom. The summed E-state index contributed by atoms with van der Waals surface area (Å²) in [4.78, 5) is 30.8. The highest BCUT2D eigenvalue weighted by Gasteiger charge is 2.49. The largest absolute Gasteiger partial charge is 0.443 e. The van der Waals surface area contributed by atoms with E-state index in [1.54, 1.807) is 39.8 Å². The summed E-state index contributed by atoms with van der Waals surface area (Å²) in [6.45, 7) is 4.37. The van der Waals surface area contributed by atoms with Crippen molar-refractivity contribution in [2.45, 2.75) is 43.4 Å². The molecular formula is C38H40ClF3N7O3+. The first-order valence-corrected chi connectivity index (χ1v) is 18.2. The number of fused-ring (bicyclic) bond motifs is 3. The molecule has 0 radical (unpaired) electrons. The fourth-order valence-electron chi connectivity index (χ4n) is 8.21. The summed E-state index contributed by atoms with van der Waals surface area (Å²) in [5, 5.41) is 4.50. The predicted octanol–water partition coefficient (Wildman–Crippen LogP) is 5.47. The fourth-order valence-corrected chi connectivity index (χ4v) is 8.48. The Labute approximate surface area is 304 Å². The van der Waals surface area contributed by atoms with Crippen LogP contribution >= 0.6 is 11.6 Å². The van der Waals surface area contributed by atoms with Crippen LogP contribution in [0.4, 0.5) is 19.0 Å². The molecule has 272 valence electrons. The normalized spacial score (nSPS) is 25.5. The Morgan fingerprint density at radius 3 is 2.94 bits per heavy atom. The van der Waals surface area contributed by atoms with Crippen molar-refractivity contribution < 1.29 is 32.0 Å². The second-order valence-electron chi connectivity index (χ2n) is 14.2. The first-order valence-electron chi connectivity index (χ1n) is 17.8. The number of pyridine rings is 1. The number of alkyl halides is 1. The second kappa shape index (κ2) is 14.3. The molecule has 4 aliphatic heterocycles. The van der Waals surface area contributed by atoms with E-state index in [2.05, 4.69) is 20.2 Å². The van der Waals surface area contributed by atoms with Crippen LogP contribution in [0.1, 0.15) is 25.7 Å². The van der Waals surface area contributed by atoms with Gasteiger partial charge in [-0.1, -0.05) is 41.9 Å². The number of rotatable bonds is 8. The first-order chi connectivity index (χ1) is 25.2. The van der Waals surface area contributed by atoms with Crippen molar-refractivity contribution in [3.8, 4) is 17.3 Å². The van der Waals surface area contributed by atoms with Crippen molar-refractivity contribution in [1.82, 2.24) is 30.1 Å². The Morgan fingerprint density at radius 2 is 2.10 bits per heavy atom. The van der Waals surface area contributed by atoms with Crippen molar-refractivity contribution in [2.24, 2.45) is 5.92 Å². The topological polar surface area (TPSA) is 95.7 Å². The molecule has 4 fully saturated rings. The number of nitrogens with zero attached hydrogens (tertiary/aromatic N) is 6. The number of aromatic nitrogens is 3. The van der Waals surface area contributed by atoms with Crippen LogP contribution in [0.2, 0.25) is 5.02 Å². The standard InChI is InChI=1S/C38H40ClF3N7O3/c1-47(18-23-10-14-48(19-23)30(50)9-7-26-21-51-15-12-43-26)36-28-17-44-34(27-5-2-4-24-6-8-29(41)32(39)31(24)27)33(42)35(28)45-37(46-36)52-22-38-11-3-13-49(38)20-25(40)16-38/h2,4-9,17-18,23,25-26,43H,3,10-16,19-22H2,1H3/q+1/b9-7+,47-18+/t23?,25-,26?,38+/m1/s1. The summed E-state index contributed by atoms with van der Waals surface area (Å²) < 4.78 is 59.5. The molecule has 2 aromatic heterocycles. The average Bonchev–Trinajstić information content (AvgIpc) is 3.86. The van der Waals surface area contributed by atoms with Crippen LogP contribution < -0.4 is 10.1 Å². The van der Waals surface area contributed by atoms with Crippen LogP contribution in [0, 0.1) is 17.6 Å². The van der Waals surface area contributed by atoms with Gasteiger partial charge in [-0.15, -0.1) is 0 Å². The number of halogens is 4. The zero-order chi connectivity index (χ0) is 36.0. The van der Waals surface area contributed by atoms with Gasteiger partial charge in [-0.2, -0.15) is 4.98 Å². The van der Waals surface area contributed by atoms with E-state index in [4.69, 9.17) is 26.1 Å². The highest BCUT2D eigenvalue weighted by Crippen LogP contribution is 2.41. The molecule has 4 saturated heterocycles. The minimum Gasteiger partial charge on any atom is -0.443 e. The smallest absolute Gasteiger partial charge is 0.434 e. The monoisotopic (exact) mass is 734 g/mol. The lowest BCUT2D eigenvalue weighted by Gasteiger charge is -2.30. The van der Waals surface area contributed by atoms with Crippen molar-refractivity contribution in [1.29, 1.82) is 0 Å². The van der Waals surface area contributed by atoms with Gasteiger partial charge < -0.3 is 19.7 Å². The van der Waals surface area contributed by atoms with E-state index in [0.717, 1.165) is 32.4 Å². The van der Waals surface area contributed by atoms with E-state index in [-0.39, 0.29) is 46.7 Å². The van der Waals surface area contributed by atoms with Gasteiger partial charge in [0.15, 0.2) is 5.82 Å². The summed E-state index contributed by atoms with van der Waals surface area (Å²) in [5.41, 5.74) is -0.215. The van der Waals surface area contributed by atoms with Crippen LogP contribution in [-0.2, 0) is 9.53 Å². The molecular weight excluding hydrogens is 695 g/mol. The maximum atomic E-state index is 16.8. The Bertz CT molecular complexity index is 2090. The zero-order valence-corrected chi connectivity index (χ0v) is 29.6. The molecule has 0 bridgehead atoms. The molecule has 52 heavy (non-hydrogen) atoms. The molecule has 4 aromatic rings. The molecule has 2 aromatic carbocycles. The van der Waals surface area contributed by atoms with E-state index in [1.807, 2.05) is 19.3 Å². The summed E-state index contributed by atoms with van der Waals surface area (Å²) in [7, 11) is 1.81. The maximum Gasteiger partial charge on any atom is 0.434 e. The lowest BCUT2D eigenvalue weighted by Crippen LogP contribution is -2.43. The van der Waals surface area contributed by atoms with Gasteiger partial charge in [0, 0.05) is 72.8 Å². The molecule has 0 aliphatic carbocycles. The van der Waals surface area contributed by atoms with Gasteiger partial charge >= 0.3 is 11.8 Å². The van der Waals surface area contributed by atoms with Crippen molar-refractivity contribution in [3.63, 3.8) is 0 Å². The third-order valence-corrected chi connectivity index (χ3v) is 11.2. The van der Waals surface area contributed by atoms with E-state index in [9.17, 15) is 13.6 Å². The molecule has 4 atom stereocenters. The minimum atomic E-state index is -0.938. The molecule has 4 aliphatic rings. The summed E-state index contributed by atoms with van der Waals surface area (Å²) >= 11 is 6.42. The molecule has 10 nitrogen and oxygen atoms in total. The Balaban J connectivity index is 1.14. The van der Waals surface area contributed by atoms with Crippen LogP contribution in [0.25, 0.3) is 32.9 Å². The van der Waals surface area contributed by atoms with Gasteiger partial charge in [0.05, 0.1) is 37.0 Å². The second-order valence-corrected chi connectivity index (χ2v) is 14.6. The van der Waals surface area contributed by atoms with Gasteiger partial charge in [0.25, 0.3) is 0 Å². The number of carbonyl (C=O) groups is 1. The third kappa shape index (κ3) is 6.63. The number of morpholine rings is 1. The predicted molar refractivity (Wildman–Crippen MR) is 192 cm³/mol. The van der Waals surface area contributed by atoms with Crippen LogP contribution in [0.15, 0.2) is 48.7 Å². The number of likely N-dealkylation sites (tertiary alicyclic amines) is 1. The number of nitrogens with one attached hydrogen (secondary N) is 1. The van der Waals surface area contributed by atoms with Crippen LogP contribution in [-0.4, -0.2) is 119 Å². The fraction of sp³-hybridized carbons (Fsp3) is 0.447. The van der Waals surface area contributed by atoms with Gasteiger partial charge in [0.1, 0.15) is 35.2 Å². The molecule has 0 spiro atoms. The minimum absolute atomic E-state index is 0.00332. The van der Waals surface area contributed by atoms with E-state index >= 15 is 4.39 Å². The molecule has 6 heterocycles. The summed E-state index contributed by atoms with van der Waals surface area (Å²) in [5.74, 6) is -1.06. The average molecular weight is 735 g/mol. The first kappa shape index (κ1) is 34.9. The lowest BCUT2D eigenvalue weighted by atomic mass is 9.95. The Kier molecular flexibility index (Phi) is 9.62. The zero-order valence-electron chi connectivity index (χ0n) is 28.8. The number of hydrogen-bond acceptors (Lipinski definition) is 8. The highest BCUT2D eigenvalue weighted by molar-refractivity contribution is 6.36. The SMILES string of the molecule is C/[N+](=C\C1CCN(C(=O)/C=C/C2COCCN2)C1)c1nc(OC[C@@]23CCCN2C[C@H](F)C3)nc2c(F)c(-c3cccc4ccc(F)c(Cl)c34)ncc12. The highest BCUT2D eigenvalue weighted by atomic mass is 35.5. The van der Waals surface area contributed by atoms with Crippen molar-refractivity contribution in [2.75, 3.05) is 59.6 Å². The number of ether oxygens (including phenoxy) is 2. The van der Waals surface area contributed by atoms with E-state index in [0.29, 0.717) is 66.8 Å².